The van der Waals surface area contributed by atoms with Crippen molar-refractivity contribution in [1.82, 2.24) is 29.5 Å². The fourth-order valence-corrected chi connectivity index (χ4v) is 4.97. The molecule has 0 spiro atoms. The quantitative estimate of drug-likeness (QED) is 0.311. The highest BCUT2D eigenvalue weighted by atomic mass is 19.1. The second kappa shape index (κ2) is 9.65. The number of hydrogen-bond donors (Lipinski definition) is 1. The van der Waals surface area contributed by atoms with Gasteiger partial charge < -0.3 is 10.1 Å². The topological polar surface area (TPSA) is 82.7 Å². The maximum atomic E-state index is 14.4. The lowest BCUT2D eigenvalue weighted by atomic mass is 9.93. The van der Waals surface area contributed by atoms with E-state index < -0.39 is 0 Å². The summed E-state index contributed by atoms with van der Waals surface area (Å²) in [5.74, 6) is 0.472. The Morgan fingerprint density at radius 1 is 1.03 bits per heavy atom. The van der Waals surface area contributed by atoms with Gasteiger partial charge in [0.2, 0.25) is 0 Å². The van der Waals surface area contributed by atoms with Gasteiger partial charge in [-0.2, -0.15) is 10.2 Å². The van der Waals surface area contributed by atoms with Crippen molar-refractivity contribution < 1.29 is 9.13 Å². The molecular weight excluding hydrogens is 469 g/mol. The number of pyridine rings is 2. The highest BCUT2D eigenvalue weighted by Gasteiger charge is 2.28. The van der Waals surface area contributed by atoms with Gasteiger partial charge >= 0.3 is 0 Å². The normalized spacial score (nSPS) is 17.7. The molecule has 1 aromatic carbocycles. The van der Waals surface area contributed by atoms with Crippen molar-refractivity contribution in [3.05, 3.63) is 78.6 Å². The van der Waals surface area contributed by atoms with Crippen LogP contribution in [0.15, 0.2) is 67.3 Å². The first-order chi connectivity index (χ1) is 18.0. The molecule has 4 aromatic heterocycles. The zero-order valence-corrected chi connectivity index (χ0v) is 20.8. The maximum Gasteiger partial charge on any atom is 0.250 e. The van der Waals surface area contributed by atoms with Crippen LogP contribution >= 0.6 is 0 Å². The molecule has 0 bridgehead atoms. The van der Waals surface area contributed by atoms with E-state index in [1.807, 2.05) is 56.0 Å². The van der Waals surface area contributed by atoms with E-state index >= 15 is 0 Å². The average Bonchev–Trinajstić information content (AvgIpc) is 3.51. The van der Waals surface area contributed by atoms with Gasteiger partial charge in [-0.1, -0.05) is 18.2 Å². The van der Waals surface area contributed by atoms with Crippen LogP contribution in [0, 0.1) is 12.7 Å². The fourth-order valence-electron chi connectivity index (χ4n) is 4.97. The molecule has 0 saturated heterocycles. The third kappa shape index (κ3) is 4.64. The molecule has 37 heavy (non-hydrogen) atoms. The van der Waals surface area contributed by atoms with E-state index in [-0.39, 0.29) is 23.8 Å². The third-order valence-electron chi connectivity index (χ3n) is 6.93. The number of para-hydroxylation sites is 1. The van der Waals surface area contributed by atoms with Gasteiger partial charge in [-0.3, -0.25) is 9.36 Å². The van der Waals surface area contributed by atoms with E-state index in [1.54, 1.807) is 23.9 Å². The molecule has 5 aromatic rings. The highest BCUT2D eigenvalue weighted by Crippen LogP contribution is 2.37. The highest BCUT2D eigenvalue weighted by molar-refractivity contribution is 5.94. The summed E-state index contributed by atoms with van der Waals surface area (Å²) in [5, 5.41) is 13.8. The number of rotatable bonds is 6. The largest absolute Gasteiger partial charge is 0.472 e. The van der Waals surface area contributed by atoms with E-state index in [1.165, 1.54) is 0 Å². The summed E-state index contributed by atoms with van der Waals surface area (Å²) in [7, 11) is 1.90. The van der Waals surface area contributed by atoms with Crippen molar-refractivity contribution in [3.8, 4) is 17.1 Å². The van der Waals surface area contributed by atoms with Gasteiger partial charge in [0.15, 0.2) is 5.82 Å². The van der Waals surface area contributed by atoms with E-state index in [4.69, 9.17) is 9.84 Å². The summed E-state index contributed by atoms with van der Waals surface area (Å²) in [6.07, 6.45) is 10.5. The van der Waals surface area contributed by atoms with Crippen molar-refractivity contribution in [1.29, 1.82) is 0 Å². The molecule has 0 aliphatic heterocycles. The molecule has 4 heterocycles. The molecule has 188 valence electrons. The Morgan fingerprint density at radius 2 is 1.84 bits per heavy atom. The summed E-state index contributed by atoms with van der Waals surface area (Å²) in [6.45, 7) is 1.72. The third-order valence-corrected chi connectivity index (χ3v) is 6.93. The zero-order valence-electron chi connectivity index (χ0n) is 20.8. The standard InChI is InChI=1S/C28H28FN7O/c1-18-12-13-30-28(26(18)29)37-22-10-8-21(9-11-22)36-24-14-25(33-20-6-4-3-5-7-20)31-16-23(24)27(34-36)19-15-32-35(2)17-19/h3-7,12-17,21-22H,8-11H2,1-2H3,(H,31,33). The smallest absolute Gasteiger partial charge is 0.250 e. The van der Waals surface area contributed by atoms with E-state index in [2.05, 4.69) is 31.1 Å². The number of anilines is 2. The van der Waals surface area contributed by atoms with Gasteiger partial charge in [0.05, 0.1) is 17.8 Å². The number of nitrogens with one attached hydrogen (secondary N) is 1. The number of fused-ring (bicyclic) bond motifs is 1. The van der Waals surface area contributed by atoms with Gasteiger partial charge in [0, 0.05) is 48.3 Å². The summed E-state index contributed by atoms with van der Waals surface area (Å²) in [4.78, 5) is 8.77. The molecule has 8 nitrogen and oxygen atoms in total. The Labute approximate surface area is 214 Å². The van der Waals surface area contributed by atoms with Gasteiger partial charge in [-0.15, -0.1) is 0 Å². The predicted octanol–water partition coefficient (Wildman–Crippen LogP) is 5.98. The summed E-state index contributed by atoms with van der Waals surface area (Å²) < 4.78 is 24.3. The Hall–Kier alpha value is -4.27. The van der Waals surface area contributed by atoms with Crippen molar-refractivity contribution in [2.75, 3.05) is 5.32 Å². The SMILES string of the molecule is Cc1ccnc(OC2CCC(n3nc(-c4cnn(C)c4)c4cnc(Nc5ccccc5)cc43)CC2)c1F. The van der Waals surface area contributed by atoms with E-state index in [9.17, 15) is 4.39 Å². The number of aryl methyl sites for hydroxylation is 2. The Balaban J connectivity index is 1.29. The molecule has 1 fully saturated rings. The van der Waals surface area contributed by atoms with Crippen LogP contribution in [0.3, 0.4) is 0 Å². The molecule has 6 rings (SSSR count). The monoisotopic (exact) mass is 497 g/mol. The first-order valence-corrected chi connectivity index (χ1v) is 12.5. The summed E-state index contributed by atoms with van der Waals surface area (Å²) in [5.41, 5.74) is 4.35. The van der Waals surface area contributed by atoms with Crippen LogP contribution in [0.25, 0.3) is 22.2 Å². The Bertz CT molecular complexity index is 1540. The van der Waals surface area contributed by atoms with Crippen LogP contribution < -0.4 is 10.1 Å². The first-order valence-electron chi connectivity index (χ1n) is 12.5. The predicted molar refractivity (Wildman–Crippen MR) is 140 cm³/mol. The van der Waals surface area contributed by atoms with Gasteiger partial charge in [0.1, 0.15) is 17.6 Å². The second-order valence-corrected chi connectivity index (χ2v) is 9.57. The van der Waals surface area contributed by atoms with Crippen LogP contribution in [-0.2, 0) is 7.05 Å². The maximum absolute atomic E-state index is 14.4. The second-order valence-electron chi connectivity index (χ2n) is 9.57. The number of ether oxygens (including phenoxy) is 1. The number of aromatic nitrogens is 6. The van der Waals surface area contributed by atoms with Gasteiger partial charge in [0.25, 0.3) is 5.88 Å². The van der Waals surface area contributed by atoms with E-state index in [0.29, 0.717) is 5.56 Å². The first kappa shape index (κ1) is 23.1. The van der Waals surface area contributed by atoms with Crippen molar-refractivity contribution >= 4 is 22.4 Å². The van der Waals surface area contributed by atoms with Crippen molar-refractivity contribution in [3.63, 3.8) is 0 Å². The number of hydrogen-bond acceptors (Lipinski definition) is 6. The summed E-state index contributed by atoms with van der Waals surface area (Å²) >= 11 is 0. The molecular formula is C28H28FN7O. The van der Waals surface area contributed by atoms with Crippen LogP contribution in [0.5, 0.6) is 5.88 Å². The van der Waals surface area contributed by atoms with E-state index in [0.717, 1.165) is 59.3 Å². The molecule has 0 unspecified atom stereocenters. The van der Waals surface area contributed by atoms with Gasteiger partial charge in [-0.05, 0) is 56.4 Å². The molecule has 1 aliphatic rings. The van der Waals surface area contributed by atoms with Gasteiger partial charge in [-0.25, -0.2) is 14.4 Å². The van der Waals surface area contributed by atoms with Crippen LogP contribution in [-0.4, -0.2) is 35.6 Å². The average molecular weight is 498 g/mol. The van der Waals surface area contributed by atoms with Crippen LogP contribution in [0.2, 0.25) is 0 Å². The molecule has 0 atom stereocenters. The molecule has 1 N–H and O–H groups in total. The Morgan fingerprint density at radius 3 is 2.59 bits per heavy atom. The zero-order chi connectivity index (χ0) is 25.4. The lowest BCUT2D eigenvalue weighted by Gasteiger charge is -2.29. The fraction of sp³-hybridized carbons (Fsp3) is 0.286. The molecule has 0 radical (unpaired) electrons. The Kier molecular flexibility index (Phi) is 6.04. The van der Waals surface area contributed by atoms with Crippen LogP contribution in [0.1, 0.15) is 37.3 Å². The molecule has 1 aliphatic carbocycles. The lowest BCUT2D eigenvalue weighted by molar-refractivity contribution is 0.120. The number of benzene rings is 1. The number of halogens is 1. The molecule has 9 heteroatoms. The van der Waals surface area contributed by atoms with Crippen molar-refractivity contribution in [2.24, 2.45) is 7.05 Å². The van der Waals surface area contributed by atoms with Crippen LogP contribution in [0.4, 0.5) is 15.9 Å². The van der Waals surface area contributed by atoms with Crippen molar-refractivity contribution in [2.45, 2.75) is 44.8 Å². The number of nitrogens with zero attached hydrogens (tertiary/aromatic N) is 6. The lowest BCUT2D eigenvalue weighted by Crippen LogP contribution is -2.27. The molecule has 1 saturated carbocycles. The minimum Gasteiger partial charge on any atom is -0.472 e. The summed E-state index contributed by atoms with van der Waals surface area (Å²) in [6, 6.07) is 13.9. The molecule has 0 amide bonds. The minimum absolute atomic E-state index is 0.0726. The minimum atomic E-state index is -0.380.